The number of rotatable bonds is 3. The first kappa shape index (κ1) is 14.3. The number of fused-ring (bicyclic) bond motifs is 1. The van der Waals surface area contributed by atoms with Crippen LogP contribution in [0.4, 0.5) is 0 Å². The summed E-state index contributed by atoms with van der Waals surface area (Å²) in [5.74, 6) is -0.826. The van der Waals surface area contributed by atoms with E-state index in [4.69, 9.17) is 0 Å². The van der Waals surface area contributed by atoms with Crippen molar-refractivity contribution in [3.8, 4) is 11.1 Å². The summed E-state index contributed by atoms with van der Waals surface area (Å²) >= 11 is 0. The van der Waals surface area contributed by atoms with Gasteiger partial charge in [0.05, 0.1) is 10.9 Å². The minimum Gasteiger partial charge on any atom is -0.481 e. The lowest BCUT2D eigenvalue weighted by Gasteiger charge is -2.19. The summed E-state index contributed by atoms with van der Waals surface area (Å²) in [7, 11) is 0. The molecule has 0 unspecified atom stereocenters. The normalized spacial score (nSPS) is 11.5. The Labute approximate surface area is 129 Å². The Balaban J connectivity index is 1.99. The topological polar surface area (TPSA) is 50.2 Å². The smallest absolute Gasteiger partial charge is 0.313 e. The minimum absolute atomic E-state index is 0.789. The van der Waals surface area contributed by atoms with Gasteiger partial charge in [-0.2, -0.15) is 0 Å². The molecule has 0 aliphatic rings. The Kier molecular flexibility index (Phi) is 3.41. The van der Waals surface area contributed by atoms with Crippen molar-refractivity contribution in [3.63, 3.8) is 0 Å². The van der Waals surface area contributed by atoms with Crippen LogP contribution in [0.15, 0.2) is 60.8 Å². The molecule has 1 heterocycles. The van der Waals surface area contributed by atoms with Gasteiger partial charge in [0.15, 0.2) is 0 Å². The van der Waals surface area contributed by atoms with Crippen molar-refractivity contribution in [2.24, 2.45) is 0 Å². The van der Waals surface area contributed by atoms with Crippen LogP contribution in [0.5, 0.6) is 0 Å². The largest absolute Gasteiger partial charge is 0.481 e. The molecule has 0 amide bonds. The Morgan fingerprint density at radius 1 is 1.00 bits per heavy atom. The number of aliphatic carboxylic acids is 1. The predicted octanol–water partition coefficient (Wildman–Crippen LogP) is 4.26. The molecule has 2 aromatic carbocycles. The number of pyridine rings is 1. The fraction of sp³-hybridized carbons (Fsp3) is 0.158. The third-order valence-electron chi connectivity index (χ3n) is 4.07. The first-order valence-electron chi connectivity index (χ1n) is 7.17. The maximum absolute atomic E-state index is 11.3. The molecule has 0 atom stereocenters. The first-order chi connectivity index (χ1) is 10.5. The Morgan fingerprint density at radius 2 is 1.68 bits per heavy atom. The molecule has 0 fully saturated rings. The molecule has 3 aromatic rings. The number of para-hydroxylation sites is 1. The zero-order valence-corrected chi connectivity index (χ0v) is 12.6. The number of carboxylic acids is 1. The van der Waals surface area contributed by atoms with E-state index in [-0.39, 0.29) is 0 Å². The molecule has 0 aliphatic heterocycles. The zero-order chi connectivity index (χ0) is 15.7. The van der Waals surface area contributed by atoms with Crippen LogP contribution >= 0.6 is 0 Å². The van der Waals surface area contributed by atoms with Gasteiger partial charge in [-0.3, -0.25) is 9.78 Å². The molecule has 3 rings (SSSR count). The maximum atomic E-state index is 11.3. The fourth-order valence-corrected chi connectivity index (χ4v) is 2.43. The van der Waals surface area contributed by atoms with Gasteiger partial charge in [0.25, 0.3) is 0 Å². The van der Waals surface area contributed by atoms with E-state index < -0.39 is 11.4 Å². The highest BCUT2D eigenvalue weighted by Crippen LogP contribution is 2.27. The molecule has 0 saturated heterocycles. The van der Waals surface area contributed by atoms with E-state index in [1.807, 2.05) is 54.7 Å². The molecule has 0 radical (unpaired) electrons. The third-order valence-corrected chi connectivity index (χ3v) is 4.07. The highest BCUT2D eigenvalue weighted by molar-refractivity contribution is 5.84. The predicted molar refractivity (Wildman–Crippen MR) is 87.8 cm³/mol. The average Bonchev–Trinajstić information content (AvgIpc) is 2.54. The van der Waals surface area contributed by atoms with Crippen molar-refractivity contribution >= 4 is 16.9 Å². The van der Waals surface area contributed by atoms with Crippen molar-refractivity contribution in [1.82, 2.24) is 4.98 Å². The molecule has 1 N–H and O–H groups in total. The second-order valence-corrected chi connectivity index (χ2v) is 5.92. The average molecular weight is 291 g/mol. The first-order valence-corrected chi connectivity index (χ1v) is 7.17. The van der Waals surface area contributed by atoms with E-state index in [0.29, 0.717) is 0 Å². The van der Waals surface area contributed by atoms with Crippen LogP contribution in [0, 0.1) is 0 Å². The second kappa shape index (κ2) is 5.26. The number of carboxylic acid groups (broad SMARTS) is 1. The van der Waals surface area contributed by atoms with Gasteiger partial charge in [-0.25, -0.2) is 0 Å². The van der Waals surface area contributed by atoms with E-state index in [0.717, 1.165) is 27.6 Å². The summed E-state index contributed by atoms with van der Waals surface area (Å²) in [6.45, 7) is 3.42. The van der Waals surface area contributed by atoms with Crippen molar-refractivity contribution in [2.45, 2.75) is 19.3 Å². The van der Waals surface area contributed by atoms with Crippen LogP contribution in [0.25, 0.3) is 22.0 Å². The van der Waals surface area contributed by atoms with E-state index >= 15 is 0 Å². The number of nitrogens with zero attached hydrogens (tertiary/aromatic N) is 1. The van der Waals surface area contributed by atoms with Crippen LogP contribution < -0.4 is 0 Å². The van der Waals surface area contributed by atoms with E-state index in [2.05, 4.69) is 11.1 Å². The van der Waals surface area contributed by atoms with E-state index in [1.165, 1.54) is 0 Å². The van der Waals surface area contributed by atoms with E-state index in [1.54, 1.807) is 13.8 Å². The number of hydrogen-bond acceptors (Lipinski definition) is 2. The van der Waals surface area contributed by atoms with Crippen molar-refractivity contribution in [3.05, 3.63) is 66.4 Å². The van der Waals surface area contributed by atoms with Gasteiger partial charge in [-0.1, -0.05) is 42.5 Å². The lowest BCUT2D eigenvalue weighted by Crippen LogP contribution is -2.28. The van der Waals surface area contributed by atoms with Gasteiger partial charge in [0.2, 0.25) is 0 Å². The molecule has 110 valence electrons. The highest BCUT2D eigenvalue weighted by atomic mass is 16.4. The molecular weight excluding hydrogens is 274 g/mol. The second-order valence-electron chi connectivity index (χ2n) is 5.92. The zero-order valence-electron chi connectivity index (χ0n) is 12.6. The fourth-order valence-electron chi connectivity index (χ4n) is 2.43. The van der Waals surface area contributed by atoms with Gasteiger partial charge in [-0.15, -0.1) is 0 Å². The molecule has 1 aromatic heterocycles. The number of aromatic nitrogens is 1. The molecule has 0 spiro atoms. The third kappa shape index (κ3) is 2.46. The van der Waals surface area contributed by atoms with Gasteiger partial charge in [0, 0.05) is 17.1 Å². The number of benzene rings is 2. The summed E-state index contributed by atoms with van der Waals surface area (Å²) in [6, 6.07) is 17.7. The quantitative estimate of drug-likeness (QED) is 0.784. The summed E-state index contributed by atoms with van der Waals surface area (Å²) in [5, 5.41) is 10.4. The van der Waals surface area contributed by atoms with Gasteiger partial charge in [0.1, 0.15) is 0 Å². The Bertz CT molecular complexity index is 835. The standard InChI is InChI=1S/C19H17NO2/c1-19(2,18(21)22)16-9-7-13(8-10-16)15-11-14-5-3-4-6-17(14)20-12-15/h3-12H,1-2H3,(H,21,22). The number of carbonyl (C=O) groups is 1. The summed E-state index contributed by atoms with van der Waals surface area (Å²) in [5.41, 5.74) is 2.93. The maximum Gasteiger partial charge on any atom is 0.313 e. The van der Waals surface area contributed by atoms with Crippen molar-refractivity contribution in [2.75, 3.05) is 0 Å². The number of hydrogen-bond donors (Lipinski definition) is 1. The molecular formula is C19H17NO2. The van der Waals surface area contributed by atoms with Crippen LogP contribution in [0.1, 0.15) is 19.4 Å². The molecule has 3 nitrogen and oxygen atoms in total. The molecule has 0 bridgehead atoms. The molecule has 22 heavy (non-hydrogen) atoms. The highest BCUT2D eigenvalue weighted by Gasteiger charge is 2.29. The summed E-state index contributed by atoms with van der Waals surface area (Å²) < 4.78 is 0. The lowest BCUT2D eigenvalue weighted by molar-refractivity contribution is -0.142. The van der Waals surface area contributed by atoms with Gasteiger partial charge >= 0.3 is 5.97 Å². The van der Waals surface area contributed by atoms with Crippen LogP contribution in [0.2, 0.25) is 0 Å². The van der Waals surface area contributed by atoms with Crippen molar-refractivity contribution in [1.29, 1.82) is 0 Å². The molecule has 0 aliphatic carbocycles. The van der Waals surface area contributed by atoms with Crippen LogP contribution in [0.3, 0.4) is 0 Å². The molecule has 0 saturated carbocycles. The minimum atomic E-state index is -0.889. The van der Waals surface area contributed by atoms with Gasteiger partial charge < -0.3 is 5.11 Å². The Morgan fingerprint density at radius 3 is 2.36 bits per heavy atom. The van der Waals surface area contributed by atoms with E-state index in [9.17, 15) is 9.90 Å². The van der Waals surface area contributed by atoms with Gasteiger partial charge in [-0.05, 0) is 37.1 Å². The van der Waals surface area contributed by atoms with Crippen LogP contribution in [-0.2, 0) is 10.2 Å². The van der Waals surface area contributed by atoms with Crippen LogP contribution in [-0.4, -0.2) is 16.1 Å². The Hall–Kier alpha value is -2.68. The lowest BCUT2D eigenvalue weighted by atomic mass is 9.84. The van der Waals surface area contributed by atoms with Crippen molar-refractivity contribution < 1.29 is 9.90 Å². The monoisotopic (exact) mass is 291 g/mol. The summed E-state index contributed by atoms with van der Waals surface area (Å²) in [6.07, 6.45) is 1.85. The molecule has 3 heteroatoms. The SMILES string of the molecule is CC(C)(C(=O)O)c1ccc(-c2cnc3ccccc3c2)cc1. The summed E-state index contributed by atoms with van der Waals surface area (Å²) in [4.78, 5) is 15.8.